The Bertz CT molecular complexity index is 700. The molecular formula is C18H18O4. The normalized spacial score (nSPS) is 10.8. The van der Waals surface area contributed by atoms with Crippen LogP contribution in [0, 0.1) is 0 Å². The Morgan fingerprint density at radius 1 is 1.18 bits per heavy atom. The number of ether oxygens (including phenoxy) is 1. The first kappa shape index (κ1) is 15.6. The second kappa shape index (κ2) is 6.80. The van der Waals surface area contributed by atoms with Gasteiger partial charge in [-0.1, -0.05) is 6.92 Å². The van der Waals surface area contributed by atoms with Gasteiger partial charge < -0.3 is 14.9 Å². The van der Waals surface area contributed by atoms with E-state index in [4.69, 9.17) is 4.74 Å². The van der Waals surface area contributed by atoms with E-state index in [2.05, 4.69) is 0 Å². The zero-order chi connectivity index (χ0) is 16.1. The van der Waals surface area contributed by atoms with E-state index >= 15 is 0 Å². The van der Waals surface area contributed by atoms with Gasteiger partial charge in [0.2, 0.25) is 0 Å². The predicted molar refractivity (Wildman–Crippen MR) is 85.5 cm³/mol. The van der Waals surface area contributed by atoms with Crippen molar-refractivity contribution in [2.24, 2.45) is 0 Å². The summed E-state index contributed by atoms with van der Waals surface area (Å²) in [7, 11) is 1.51. The van der Waals surface area contributed by atoms with Crippen molar-refractivity contribution < 1.29 is 19.7 Å². The van der Waals surface area contributed by atoms with E-state index in [0.717, 1.165) is 11.1 Å². The smallest absolute Gasteiger partial charge is 0.185 e. The van der Waals surface area contributed by atoms with Gasteiger partial charge in [0.05, 0.1) is 7.11 Å². The van der Waals surface area contributed by atoms with Gasteiger partial charge in [0, 0.05) is 17.2 Å². The Labute approximate surface area is 129 Å². The third-order valence-electron chi connectivity index (χ3n) is 3.38. The minimum absolute atomic E-state index is 0.119. The zero-order valence-electron chi connectivity index (χ0n) is 12.5. The van der Waals surface area contributed by atoms with Gasteiger partial charge in [-0.2, -0.15) is 0 Å². The number of aromatic hydroxyl groups is 2. The lowest BCUT2D eigenvalue weighted by atomic mass is 10.0. The molecule has 0 saturated carbocycles. The van der Waals surface area contributed by atoms with Crippen LogP contribution in [-0.4, -0.2) is 23.1 Å². The van der Waals surface area contributed by atoms with E-state index in [1.165, 1.54) is 25.3 Å². The Morgan fingerprint density at radius 3 is 2.45 bits per heavy atom. The number of ketones is 1. The maximum atomic E-state index is 12.1. The number of aryl methyl sites for hydroxylation is 1. The molecule has 2 N–H and O–H groups in total. The minimum atomic E-state index is -0.173. The monoisotopic (exact) mass is 298 g/mol. The summed E-state index contributed by atoms with van der Waals surface area (Å²) in [6.07, 6.45) is 3.79. The van der Waals surface area contributed by atoms with Gasteiger partial charge in [0.25, 0.3) is 0 Å². The lowest BCUT2D eigenvalue weighted by molar-refractivity contribution is 0.104. The van der Waals surface area contributed by atoms with Gasteiger partial charge in [-0.3, -0.25) is 4.79 Å². The number of phenolic OH excluding ortho intramolecular Hbond substituents is 2. The molecule has 0 fully saturated rings. The molecule has 0 aliphatic rings. The standard InChI is InChI=1S/C18H18O4/c1-3-12-10-14(18(22-2)11-17(12)21)6-9-16(20)13-4-7-15(19)8-5-13/h4-11,19,21H,3H2,1-2H3/b9-6+. The van der Waals surface area contributed by atoms with E-state index < -0.39 is 0 Å². The molecule has 0 bridgehead atoms. The summed E-state index contributed by atoms with van der Waals surface area (Å²) in [5.41, 5.74) is 2.00. The van der Waals surface area contributed by atoms with Crippen molar-refractivity contribution in [3.8, 4) is 17.2 Å². The molecule has 4 nitrogen and oxygen atoms in total. The summed E-state index contributed by atoms with van der Waals surface area (Å²) in [4.78, 5) is 12.1. The lowest BCUT2D eigenvalue weighted by Gasteiger charge is -2.09. The van der Waals surface area contributed by atoms with Crippen molar-refractivity contribution in [2.45, 2.75) is 13.3 Å². The lowest BCUT2D eigenvalue weighted by Crippen LogP contribution is -1.94. The van der Waals surface area contributed by atoms with Gasteiger partial charge in [0.15, 0.2) is 5.78 Å². The molecule has 0 radical (unpaired) electrons. The Morgan fingerprint density at radius 2 is 1.86 bits per heavy atom. The number of carbonyl (C=O) groups is 1. The third-order valence-corrected chi connectivity index (χ3v) is 3.38. The summed E-state index contributed by atoms with van der Waals surface area (Å²) in [6, 6.07) is 9.41. The predicted octanol–water partition coefficient (Wildman–Crippen LogP) is 3.56. The van der Waals surface area contributed by atoms with Crippen molar-refractivity contribution >= 4 is 11.9 Å². The van der Waals surface area contributed by atoms with Crippen molar-refractivity contribution in [1.82, 2.24) is 0 Å². The van der Waals surface area contributed by atoms with Crippen molar-refractivity contribution in [3.63, 3.8) is 0 Å². The van der Waals surface area contributed by atoms with Crippen molar-refractivity contribution in [1.29, 1.82) is 0 Å². The number of rotatable bonds is 5. The molecule has 2 rings (SSSR count). The molecule has 0 spiro atoms. The van der Waals surface area contributed by atoms with Crippen LogP contribution in [-0.2, 0) is 6.42 Å². The molecular weight excluding hydrogens is 280 g/mol. The number of carbonyl (C=O) groups excluding carboxylic acids is 1. The fourth-order valence-electron chi connectivity index (χ4n) is 2.11. The van der Waals surface area contributed by atoms with Crippen LogP contribution in [0.4, 0.5) is 0 Å². The van der Waals surface area contributed by atoms with Crippen LogP contribution in [0.5, 0.6) is 17.2 Å². The molecule has 0 atom stereocenters. The minimum Gasteiger partial charge on any atom is -0.508 e. The second-order valence-corrected chi connectivity index (χ2v) is 4.82. The first-order valence-electron chi connectivity index (χ1n) is 6.96. The SMILES string of the molecule is CCc1cc(/C=C/C(=O)c2ccc(O)cc2)c(OC)cc1O. The number of benzene rings is 2. The van der Waals surface area contributed by atoms with E-state index in [9.17, 15) is 15.0 Å². The highest BCUT2D eigenvalue weighted by Gasteiger charge is 2.08. The molecule has 22 heavy (non-hydrogen) atoms. The number of hydrogen-bond acceptors (Lipinski definition) is 4. The van der Waals surface area contributed by atoms with Crippen LogP contribution in [0.3, 0.4) is 0 Å². The maximum Gasteiger partial charge on any atom is 0.185 e. The first-order valence-corrected chi connectivity index (χ1v) is 6.96. The fourth-order valence-corrected chi connectivity index (χ4v) is 2.11. The molecule has 0 aromatic heterocycles. The van der Waals surface area contributed by atoms with Crippen LogP contribution in [0.25, 0.3) is 6.08 Å². The van der Waals surface area contributed by atoms with Crippen LogP contribution in [0.1, 0.15) is 28.4 Å². The van der Waals surface area contributed by atoms with Gasteiger partial charge >= 0.3 is 0 Å². The first-order chi connectivity index (χ1) is 10.5. The summed E-state index contributed by atoms with van der Waals surface area (Å²) in [6.45, 7) is 1.94. The average Bonchev–Trinajstić information content (AvgIpc) is 2.53. The van der Waals surface area contributed by atoms with Crippen LogP contribution >= 0.6 is 0 Å². The fraction of sp³-hybridized carbons (Fsp3) is 0.167. The Balaban J connectivity index is 2.29. The largest absolute Gasteiger partial charge is 0.508 e. The summed E-state index contributed by atoms with van der Waals surface area (Å²) >= 11 is 0. The van der Waals surface area contributed by atoms with Gasteiger partial charge in [-0.25, -0.2) is 0 Å². The molecule has 2 aromatic rings. The highest BCUT2D eigenvalue weighted by molar-refractivity contribution is 6.07. The quantitative estimate of drug-likeness (QED) is 0.654. The van der Waals surface area contributed by atoms with Crippen LogP contribution in [0.15, 0.2) is 42.5 Å². The number of methoxy groups -OCH3 is 1. The third kappa shape index (κ3) is 3.47. The molecule has 0 amide bonds. The maximum absolute atomic E-state index is 12.1. The molecule has 2 aromatic carbocycles. The summed E-state index contributed by atoms with van der Waals surface area (Å²) < 4.78 is 5.22. The molecule has 114 valence electrons. The van der Waals surface area contributed by atoms with E-state index in [0.29, 0.717) is 17.7 Å². The molecule has 0 saturated heterocycles. The van der Waals surface area contributed by atoms with Gasteiger partial charge in [-0.15, -0.1) is 0 Å². The molecule has 0 aliphatic heterocycles. The molecule has 0 aliphatic carbocycles. The van der Waals surface area contributed by atoms with Gasteiger partial charge in [0.1, 0.15) is 17.2 Å². The van der Waals surface area contributed by atoms with Crippen LogP contribution < -0.4 is 4.74 Å². The summed E-state index contributed by atoms with van der Waals surface area (Å²) in [5, 5.41) is 19.1. The summed E-state index contributed by atoms with van der Waals surface area (Å²) in [5.74, 6) is 0.632. The van der Waals surface area contributed by atoms with Gasteiger partial charge in [-0.05, 0) is 54.5 Å². The number of allylic oxidation sites excluding steroid dienone is 1. The highest BCUT2D eigenvalue weighted by atomic mass is 16.5. The average molecular weight is 298 g/mol. The number of hydrogen-bond donors (Lipinski definition) is 2. The van der Waals surface area contributed by atoms with Crippen LogP contribution in [0.2, 0.25) is 0 Å². The Hall–Kier alpha value is -2.75. The van der Waals surface area contributed by atoms with E-state index in [1.807, 2.05) is 6.92 Å². The van der Waals surface area contributed by atoms with E-state index in [-0.39, 0.29) is 17.3 Å². The van der Waals surface area contributed by atoms with Crippen molar-refractivity contribution in [2.75, 3.05) is 7.11 Å². The zero-order valence-corrected chi connectivity index (χ0v) is 12.5. The molecule has 0 heterocycles. The topological polar surface area (TPSA) is 66.8 Å². The highest BCUT2D eigenvalue weighted by Crippen LogP contribution is 2.29. The van der Waals surface area contributed by atoms with E-state index in [1.54, 1.807) is 30.3 Å². The molecule has 0 unspecified atom stereocenters. The second-order valence-electron chi connectivity index (χ2n) is 4.82. The van der Waals surface area contributed by atoms with Crippen molar-refractivity contribution in [3.05, 3.63) is 59.2 Å². The molecule has 4 heteroatoms. The number of phenols is 2. The Kier molecular flexibility index (Phi) is 4.84.